The third-order valence-electron chi connectivity index (χ3n) is 3.54. The van der Waals surface area contributed by atoms with Crippen LogP contribution in [-0.2, 0) is 0 Å². The van der Waals surface area contributed by atoms with Gasteiger partial charge in [0.15, 0.2) is 0 Å². The predicted molar refractivity (Wildman–Crippen MR) is 82.3 cm³/mol. The highest BCUT2D eigenvalue weighted by Crippen LogP contribution is 2.27. The van der Waals surface area contributed by atoms with Gasteiger partial charge in [-0.2, -0.15) is 0 Å². The Morgan fingerprint density at radius 2 is 1.45 bits per heavy atom. The van der Waals surface area contributed by atoms with E-state index in [0.717, 1.165) is 43.2 Å². The van der Waals surface area contributed by atoms with Crippen molar-refractivity contribution in [2.75, 3.05) is 41.7 Å². The molecule has 3 heterocycles. The molecule has 2 N–H and O–H groups in total. The van der Waals surface area contributed by atoms with Crippen molar-refractivity contribution in [2.24, 2.45) is 0 Å². The standard InChI is InChI=1S/C14H16ClN5/c15-11-9-17-3-1-13(11)19-5-7-20(8-6-19)14-2-4-18-10-12(14)16/h1-4,9-10H,5-8,16H2. The summed E-state index contributed by atoms with van der Waals surface area (Å²) < 4.78 is 0. The average Bonchev–Trinajstić information content (AvgIpc) is 2.49. The maximum Gasteiger partial charge on any atom is 0.0822 e. The monoisotopic (exact) mass is 289 g/mol. The maximum absolute atomic E-state index is 6.19. The SMILES string of the molecule is Nc1cnccc1N1CCN(c2ccncc2Cl)CC1. The quantitative estimate of drug-likeness (QED) is 0.917. The molecule has 0 radical (unpaired) electrons. The Labute approximate surface area is 123 Å². The minimum absolute atomic E-state index is 0.698. The molecule has 2 aromatic rings. The first kappa shape index (κ1) is 13.0. The van der Waals surface area contributed by atoms with Gasteiger partial charge >= 0.3 is 0 Å². The van der Waals surface area contributed by atoms with Gasteiger partial charge in [0.25, 0.3) is 0 Å². The Morgan fingerprint density at radius 1 is 0.900 bits per heavy atom. The highest BCUT2D eigenvalue weighted by molar-refractivity contribution is 6.33. The molecule has 1 saturated heterocycles. The molecule has 2 aromatic heterocycles. The summed E-state index contributed by atoms with van der Waals surface area (Å²) in [7, 11) is 0. The first-order chi connectivity index (χ1) is 9.75. The molecule has 1 aliphatic heterocycles. The van der Waals surface area contributed by atoms with E-state index in [9.17, 15) is 0 Å². The minimum Gasteiger partial charge on any atom is -0.396 e. The summed E-state index contributed by atoms with van der Waals surface area (Å²) in [6.45, 7) is 3.64. The fourth-order valence-corrected chi connectivity index (χ4v) is 2.74. The number of aromatic nitrogens is 2. The van der Waals surface area contributed by atoms with Crippen LogP contribution in [0.5, 0.6) is 0 Å². The molecule has 20 heavy (non-hydrogen) atoms. The number of halogens is 1. The Balaban J connectivity index is 1.72. The molecule has 3 rings (SSSR count). The molecular weight excluding hydrogens is 274 g/mol. The van der Waals surface area contributed by atoms with Crippen molar-refractivity contribution in [3.63, 3.8) is 0 Å². The number of hydrogen-bond acceptors (Lipinski definition) is 5. The molecule has 6 heteroatoms. The van der Waals surface area contributed by atoms with Crippen molar-refractivity contribution in [3.05, 3.63) is 41.9 Å². The van der Waals surface area contributed by atoms with Crippen molar-refractivity contribution in [3.8, 4) is 0 Å². The lowest BCUT2D eigenvalue weighted by Gasteiger charge is -2.37. The van der Waals surface area contributed by atoms with E-state index < -0.39 is 0 Å². The molecule has 0 saturated carbocycles. The van der Waals surface area contributed by atoms with Gasteiger partial charge < -0.3 is 15.5 Å². The van der Waals surface area contributed by atoms with E-state index >= 15 is 0 Å². The van der Waals surface area contributed by atoms with E-state index in [0.29, 0.717) is 5.02 Å². The number of nitrogens with zero attached hydrogens (tertiary/aromatic N) is 4. The smallest absolute Gasteiger partial charge is 0.0822 e. The van der Waals surface area contributed by atoms with Gasteiger partial charge in [0.05, 0.1) is 28.3 Å². The van der Waals surface area contributed by atoms with Crippen molar-refractivity contribution < 1.29 is 0 Å². The summed E-state index contributed by atoms with van der Waals surface area (Å²) in [5.41, 5.74) is 8.80. The lowest BCUT2D eigenvalue weighted by molar-refractivity contribution is 0.653. The number of pyridine rings is 2. The van der Waals surface area contributed by atoms with Crippen LogP contribution in [0.3, 0.4) is 0 Å². The molecule has 0 amide bonds. The van der Waals surface area contributed by atoms with E-state index in [2.05, 4.69) is 19.8 Å². The minimum atomic E-state index is 0.698. The van der Waals surface area contributed by atoms with Gasteiger partial charge in [-0.15, -0.1) is 0 Å². The number of nitrogens with two attached hydrogens (primary N) is 1. The zero-order valence-corrected chi connectivity index (χ0v) is 11.8. The Morgan fingerprint density at radius 3 is 2.05 bits per heavy atom. The second-order valence-corrected chi connectivity index (χ2v) is 5.14. The van der Waals surface area contributed by atoms with E-state index in [4.69, 9.17) is 17.3 Å². The van der Waals surface area contributed by atoms with Crippen LogP contribution in [0, 0.1) is 0 Å². The van der Waals surface area contributed by atoms with Crippen molar-refractivity contribution in [1.29, 1.82) is 0 Å². The molecule has 0 atom stereocenters. The summed E-state index contributed by atoms with van der Waals surface area (Å²) >= 11 is 6.19. The second kappa shape index (κ2) is 5.54. The van der Waals surface area contributed by atoms with Gasteiger partial charge in [0, 0.05) is 44.8 Å². The number of nitrogen functional groups attached to an aromatic ring is 1. The molecule has 1 fully saturated rings. The normalized spacial score (nSPS) is 15.4. The molecular formula is C14H16ClN5. The fraction of sp³-hybridized carbons (Fsp3) is 0.286. The molecule has 1 aliphatic rings. The van der Waals surface area contributed by atoms with Crippen LogP contribution < -0.4 is 15.5 Å². The fourth-order valence-electron chi connectivity index (χ4n) is 2.50. The zero-order chi connectivity index (χ0) is 13.9. The molecule has 5 nitrogen and oxygen atoms in total. The molecule has 0 unspecified atom stereocenters. The number of hydrogen-bond donors (Lipinski definition) is 1. The topological polar surface area (TPSA) is 58.3 Å². The first-order valence-electron chi connectivity index (χ1n) is 6.54. The van der Waals surface area contributed by atoms with E-state index in [-0.39, 0.29) is 0 Å². The Hall–Kier alpha value is -2.01. The highest BCUT2D eigenvalue weighted by Gasteiger charge is 2.20. The largest absolute Gasteiger partial charge is 0.396 e. The molecule has 0 spiro atoms. The molecule has 0 bridgehead atoms. The van der Waals surface area contributed by atoms with Crippen LogP contribution >= 0.6 is 11.6 Å². The third kappa shape index (κ3) is 2.49. The van der Waals surface area contributed by atoms with Crippen molar-refractivity contribution in [1.82, 2.24) is 9.97 Å². The van der Waals surface area contributed by atoms with Crippen LogP contribution in [0.25, 0.3) is 0 Å². The van der Waals surface area contributed by atoms with Gasteiger partial charge in [-0.3, -0.25) is 9.97 Å². The summed E-state index contributed by atoms with van der Waals surface area (Å²) in [6.07, 6.45) is 6.93. The molecule has 0 aliphatic carbocycles. The zero-order valence-electron chi connectivity index (χ0n) is 11.0. The average molecular weight is 290 g/mol. The molecule has 0 aromatic carbocycles. The van der Waals surface area contributed by atoms with Gasteiger partial charge in [-0.1, -0.05) is 11.6 Å². The molecule has 104 valence electrons. The van der Waals surface area contributed by atoms with E-state index in [1.54, 1.807) is 24.8 Å². The van der Waals surface area contributed by atoms with Crippen LogP contribution in [0.15, 0.2) is 36.9 Å². The third-order valence-corrected chi connectivity index (χ3v) is 3.83. The Bertz CT molecular complexity index is 542. The number of rotatable bonds is 2. The van der Waals surface area contributed by atoms with Crippen molar-refractivity contribution >= 4 is 28.7 Å². The summed E-state index contributed by atoms with van der Waals surface area (Å²) in [5.74, 6) is 0. The lowest BCUT2D eigenvalue weighted by atomic mass is 10.2. The van der Waals surface area contributed by atoms with Gasteiger partial charge in [-0.25, -0.2) is 0 Å². The lowest BCUT2D eigenvalue weighted by Crippen LogP contribution is -2.46. The number of piperazine rings is 1. The Kier molecular flexibility index (Phi) is 3.60. The van der Waals surface area contributed by atoms with Gasteiger partial charge in [0.1, 0.15) is 0 Å². The highest BCUT2D eigenvalue weighted by atomic mass is 35.5. The van der Waals surface area contributed by atoms with Crippen molar-refractivity contribution in [2.45, 2.75) is 0 Å². The van der Waals surface area contributed by atoms with Crippen LogP contribution in [0.1, 0.15) is 0 Å². The van der Waals surface area contributed by atoms with Gasteiger partial charge in [-0.05, 0) is 12.1 Å². The number of anilines is 3. The van der Waals surface area contributed by atoms with Gasteiger partial charge in [0.2, 0.25) is 0 Å². The van der Waals surface area contributed by atoms with Crippen LogP contribution in [0.2, 0.25) is 5.02 Å². The summed E-state index contributed by atoms with van der Waals surface area (Å²) in [5, 5.41) is 0.698. The van der Waals surface area contributed by atoms with Crippen LogP contribution in [0.4, 0.5) is 17.1 Å². The summed E-state index contributed by atoms with van der Waals surface area (Å²) in [4.78, 5) is 12.6. The second-order valence-electron chi connectivity index (χ2n) is 4.74. The maximum atomic E-state index is 6.19. The van der Waals surface area contributed by atoms with E-state index in [1.807, 2.05) is 12.1 Å². The first-order valence-corrected chi connectivity index (χ1v) is 6.92. The predicted octanol–water partition coefficient (Wildman–Crippen LogP) is 2.04. The van der Waals surface area contributed by atoms with E-state index in [1.165, 1.54) is 0 Å². The summed E-state index contributed by atoms with van der Waals surface area (Å²) in [6, 6.07) is 3.92. The van der Waals surface area contributed by atoms with Crippen LogP contribution in [-0.4, -0.2) is 36.1 Å².